The zero-order valence-electron chi connectivity index (χ0n) is 11.1. The Kier molecular flexibility index (Phi) is 4.05. The van der Waals surface area contributed by atoms with Crippen molar-refractivity contribution in [2.24, 2.45) is 0 Å². The van der Waals surface area contributed by atoms with Crippen LogP contribution in [0, 0.1) is 0 Å². The zero-order valence-corrected chi connectivity index (χ0v) is 11.9. The third kappa shape index (κ3) is 2.81. The monoisotopic (exact) mass is 297 g/mol. The third-order valence-corrected chi connectivity index (χ3v) is 4.55. The first-order valence-electron chi connectivity index (χ1n) is 5.92. The fourth-order valence-electron chi connectivity index (χ4n) is 1.77. The van der Waals surface area contributed by atoms with Gasteiger partial charge < -0.3 is 4.74 Å². The second-order valence-electron chi connectivity index (χ2n) is 4.38. The largest absolute Gasteiger partial charge is 0.383 e. The minimum atomic E-state index is -3.78. The number of rotatable bonds is 5. The van der Waals surface area contributed by atoms with Gasteiger partial charge in [0.1, 0.15) is 5.25 Å². The van der Waals surface area contributed by atoms with Gasteiger partial charge in [0.2, 0.25) is 10.0 Å². The molecule has 2 N–H and O–H groups in total. The molecular formula is C12H15N3O4S. The van der Waals surface area contributed by atoms with Gasteiger partial charge in [0.25, 0.3) is 5.91 Å². The maximum absolute atomic E-state index is 12.1. The molecule has 0 aliphatic heterocycles. The summed E-state index contributed by atoms with van der Waals surface area (Å²) < 4.78 is 30.7. The molecular weight excluding hydrogens is 282 g/mol. The van der Waals surface area contributed by atoms with Crippen LogP contribution in [-0.4, -0.2) is 43.5 Å². The number of para-hydroxylation sites is 1. The number of sulfonamides is 1. The molecule has 7 nitrogen and oxygen atoms in total. The maximum atomic E-state index is 12.1. The Morgan fingerprint density at radius 2 is 2.25 bits per heavy atom. The highest BCUT2D eigenvalue weighted by atomic mass is 32.2. The lowest BCUT2D eigenvalue weighted by atomic mass is 10.1. The van der Waals surface area contributed by atoms with Crippen LogP contribution < -0.4 is 4.72 Å². The summed E-state index contributed by atoms with van der Waals surface area (Å²) in [6, 6.07) is 4.97. The molecule has 0 saturated carbocycles. The van der Waals surface area contributed by atoms with E-state index in [2.05, 4.69) is 10.2 Å². The van der Waals surface area contributed by atoms with Crippen molar-refractivity contribution in [2.45, 2.75) is 12.2 Å². The number of carbonyl (C=O) groups excluding carboxylic acids is 1. The van der Waals surface area contributed by atoms with Crippen LogP contribution in [0.1, 0.15) is 17.3 Å². The minimum Gasteiger partial charge on any atom is -0.383 e. The van der Waals surface area contributed by atoms with Gasteiger partial charge in [-0.2, -0.15) is 5.10 Å². The first-order chi connectivity index (χ1) is 9.45. The van der Waals surface area contributed by atoms with Crippen LogP contribution in [0.25, 0.3) is 10.9 Å². The molecule has 1 amide bonds. The summed E-state index contributed by atoms with van der Waals surface area (Å²) in [6.45, 7) is 1.48. The standard InChI is InChI=1S/C12H15N3O4S/c1-8(7-19-2)20(17,18)15-12(16)10-5-3-4-9-6-13-14-11(9)10/h3-6,8H,7H2,1-2H3,(H,13,14)(H,15,16)/t8-/m0/s1. The number of ether oxygens (including phenoxy) is 1. The fourth-order valence-corrected chi connectivity index (χ4v) is 2.65. The van der Waals surface area contributed by atoms with Gasteiger partial charge in [-0.15, -0.1) is 0 Å². The van der Waals surface area contributed by atoms with Crippen LogP contribution in [0.3, 0.4) is 0 Å². The fraction of sp³-hybridized carbons (Fsp3) is 0.333. The van der Waals surface area contributed by atoms with Gasteiger partial charge in [-0.25, -0.2) is 13.1 Å². The van der Waals surface area contributed by atoms with Crippen molar-refractivity contribution >= 4 is 26.8 Å². The van der Waals surface area contributed by atoms with Crippen LogP contribution in [0.5, 0.6) is 0 Å². The van der Waals surface area contributed by atoms with Crippen molar-refractivity contribution in [3.63, 3.8) is 0 Å². The average molecular weight is 297 g/mol. The number of fused-ring (bicyclic) bond motifs is 1. The molecule has 108 valence electrons. The minimum absolute atomic E-state index is 0.0108. The van der Waals surface area contributed by atoms with Gasteiger partial charge in [-0.1, -0.05) is 12.1 Å². The summed E-state index contributed by atoms with van der Waals surface area (Å²) >= 11 is 0. The lowest BCUT2D eigenvalue weighted by Crippen LogP contribution is -2.39. The Labute approximate surface area is 116 Å². The second-order valence-corrected chi connectivity index (χ2v) is 6.48. The second kappa shape index (κ2) is 5.59. The predicted octanol–water partition coefficient (Wildman–Crippen LogP) is 0.657. The van der Waals surface area contributed by atoms with Gasteiger partial charge in [0.15, 0.2) is 0 Å². The normalized spacial score (nSPS) is 13.3. The number of hydrogen-bond acceptors (Lipinski definition) is 5. The molecule has 1 atom stereocenters. The molecule has 0 spiro atoms. The number of nitrogens with one attached hydrogen (secondary N) is 2. The van der Waals surface area contributed by atoms with Crippen LogP contribution in [0.2, 0.25) is 0 Å². The van der Waals surface area contributed by atoms with Crippen molar-refractivity contribution in [3.8, 4) is 0 Å². The molecule has 0 aliphatic rings. The number of aromatic nitrogens is 2. The van der Waals surface area contributed by atoms with E-state index in [1.165, 1.54) is 20.1 Å². The predicted molar refractivity (Wildman–Crippen MR) is 73.8 cm³/mol. The van der Waals surface area contributed by atoms with Crippen molar-refractivity contribution in [3.05, 3.63) is 30.0 Å². The Morgan fingerprint density at radius 1 is 1.50 bits per heavy atom. The zero-order chi connectivity index (χ0) is 14.8. The Morgan fingerprint density at radius 3 is 2.95 bits per heavy atom. The Hall–Kier alpha value is -1.93. The maximum Gasteiger partial charge on any atom is 0.266 e. The summed E-state index contributed by atoms with van der Waals surface area (Å²) in [5, 5.41) is 6.42. The molecule has 0 aliphatic carbocycles. The molecule has 2 aromatic rings. The Bertz CT molecular complexity index is 723. The third-order valence-electron chi connectivity index (χ3n) is 2.89. The van der Waals surface area contributed by atoms with Gasteiger partial charge >= 0.3 is 0 Å². The average Bonchev–Trinajstić information content (AvgIpc) is 2.86. The number of benzene rings is 1. The molecule has 1 aromatic carbocycles. The molecule has 0 saturated heterocycles. The molecule has 0 unspecified atom stereocenters. The summed E-state index contributed by atoms with van der Waals surface area (Å²) in [6.07, 6.45) is 1.56. The number of aromatic amines is 1. The molecule has 2 rings (SSSR count). The van der Waals surface area contributed by atoms with Gasteiger partial charge in [0.05, 0.1) is 23.9 Å². The van der Waals surface area contributed by atoms with E-state index in [-0.39, 0.29) is 12.2 Å². The van der Waals surface area contributed by atoms with E-state index in [4.69, 9.17) is 4.74 Å². The first kappa shape index (κ1) is 14.5. The molecule has 0 bridgehead atoms. The number of H-pyrrole nitrogens is 1. The van der Waals surface area contributed by atoms with Crippen molar-refractivity contribution in [2.75, 3.05) is 13.7 Å². The smallest absolute Gasteiger partial charge is 0.266 e. The highest BCUT2D eigenvalue weighted by Crippen LogP contribution is 2.15. The van der Waals surface area contributed by atoms with Crippen LogP contribution in [-0.2, 0) is 14.8 Å². The van der Waals surface area contributed by atoms with E-state index in [1.54, 1.807) is 18.3 Å². The number of carbonyl (C=O) groups is 1. The van der Waals surface area contributed by atoms with E-state index in [0.717, 1.165) is 5.39 Å². The molecule has 1 heterocycles. The SMILES string of the molecule is COC[C@H](C)S(=O)(=O)NC(=O)c1cccc2cn[nH]c12. The van der Waals surface area contributed by atoms with Crippen molar-refractivity contribution in [1.82, 2.24) is 14.9 Å². The van der Waals surface area contributed by atoms with E-state index >= 15 is 0 Å². The highest BCUT2D eigenvalue weighted by molar-refractivity contribution is 7.90. The molecule has 1 aromatic heterocycles. The number of hydrogen-bond donors (Lipinski definition) is 2. The van der Waals surface area contributed by atoms with E-state index in [0.29, 0.717) is 5.52 Å². The molecule has 20 heavy (non-hydrogen) atoms. The quantitative estimate of drug-likeness (QED) is 0.844. The summed E-state index contributed by atoms with van der Waals surface area (Å²) in [5.74, 6) is -0.692. The van der Waals surface area contributed by atoms with Crippen molar-refractivity contribution < 1.29 is 17.9 Å². The first-order valence-corrected chi connectivity index (χ1v) is 7.47. The van der Waals surface area contributed by atoms with E-state index in [9.17, 15) is 13.2 Å². The molecule has 8 heteroatoms. The highest BCUT2D eigenvalue weighted by Gasteiger charge is 2.24. The van der Waals surface area contributed by atoms with Gasteiger partial charge in [-0.05, 0) is 13.0 Å². The molecule has 0 radical (unpaired) electrons. The van der Waals surface area contributed by atoms with E-state index in [1.807, 2.05) is 4.72 Å². The Balaban J connectivity index is 2.27. The van der Waals surface area contributed by atoms with Gasteiger partial charge in [-0.3, -0.25) is 9.89 Å². The number of amides is 1. The van der Waals surface area contributed by atoms with E-state index < -0.39 is 21.2 Å². The lowest BCUT2D eigenvalue weighted by molar-refractivity contribution is 0.0982. The topological polar surface area (TPSA) is 101 Å². The lowest BCUT2D eigenvalue weighted by Gasteiger charge is -2.13. The van der Waals surface area contributed by atoms with Crippen LogP contribution in [0.4, 0.5) is 0 Å². The molecule has 0 fully saturated rings. The summed E-state index contributed by atoms with van der Waals surface area (Å²) in [7, 11) is -2.38. The number of nitrogens with zero attached hydrogens (tertiary/aromatic N) is 1. The van der Waals surface area contributed by atoms with Crippen molar-refractivity contribution in [1.29, 1.82) is 0 Å². The van der Waals surface area contributed by atoms with Crippen LogP contribution in [0.15, 0.2) is 24.4 Å². The number of methoxy groups -OCH3 is 1. The summed E-state index contributed by atoms with van der Waals surface area (Å²) in [4.78, 5) is 12.1. The van der Waals surface area contributed by atoms with Gasteiger partial charge in [0, 0.05) is 12.5 Å². The van der Waals surface area contributed by atoms with Crippen LogP contribution >= 0.6 is 0 Å². The summed E-state index contributed by atoms with van der Waals surface area (Å²) in [5.41, 5.74) is 0.729.